The number of benzene rings is 2. The number of hydrogen-bond acceptors (Lipinski definition) is 5. The lowest BCUT2D eigenvalue weighted by Gasteiger charge is -2.13. The number of hydrogen-bond donors (Lipinski definition) is 0. The summed E-state index contributed by atoms with van der Waals surface area (Å²) in [6.45, 7) is 4.55. The van der Waals surface area contributed by atoms with Crippen molar-refractivity contribution in [3.63, 3.8) is 0 Å². The Balaban J connectivity index is 2.50. The highest BCUT2D eigenvalue weighted by Gasteiger charge is 2.13. The van der Waals surface area contributed by atoms with Gasteiger partial charge >= 0.3 is 0 Å². The van der Waals surface area contributed by atoms with E-state index < -0.39 is 4.92 Å². The molecular weight excluding hydrogens is 356 g/mol. The number of non-ortho nitro benzene ring substituents is 1. The first-order chi connectivity index (χ1) is 12.5. The lowest BCUT2D eigenvalue weighted by Crippen LogP contribution is -1.99. The van der Waals surface area contributed by atoms with Crippen LogP contribution in [0.1, 0.15) is 25.0 Å². The number of nitro benzene ring substituents is 1. The molecule has 0 amide bonds. The molecule has 6 nitrogen and oxygen atoms in total. The average molecular weight is 373 g/mol. The normalized spacial score (nSPS) is 10.9. The standard InChI is InChI=1S/C19H17ClN2O4/c1-3-25-18-10-13(9-17(20)19(18)26-4-2)8-15(12-21)14-6-5-7-16(11-14)22(23)24/h5-11H,3-4H2,1-2H3. The molecule has 0 N–H and O–H groups in total. The third-order valence-electron chi connectivity index (χ3n) is 3.42. The van der Waals surface area contributed by atoms with Gasteiger partial charge in [0, 0.05) is 12.1 Å². The van der Waals surface area contributed by atoms with Gasteiger partial charge in [0.2, 0.25) is 0 Å². The van der Waals surface area contributed by atoms with E-state index in [1.165, 1.54) is 18.2 Å². The van der Waals surface area contributed by atoms with E-state index in [9.17, 15) is 15.4 Å². The Kier molecular flexibility index (Phi) is 6.59. The molecule has 0 aliphatic carbocycles. The Morgan fingerprint density at radius 1 is 1.27 bits per heavy atom. The SMILES string of the molecule is CCOc1cc(C=C(C#N)c2cccc([N+](=O)[O-])c2)cc(Cl)c1OCC. The highest BCUT2D eigenvalue weighted by molar-refractivity contribution is 6.32. The van der Waals surface area contributed by atoms with Crippen molar-refractivity contribution in [3.05, 3.63) is 62.7 Å². The van der Waals surface area contributed by atoms with E-state index in [4.69, 9.17) is 21.1 Å². The Morgan fingerprint density at radius 2 is 2.00 bits per heavy atom. The average Bonchev–Trinajstić information content (AvgIpc) is 2.63. The zero-order chi connectivity index (χ0) is 19.1. The van der Waals surface area contributed by atoms with Crippen LogP contribution < -0.4 is 9.47 Å². The second-order valence-corrected chi connectivity index (χ2v) is 5.58. The molecule has 2 aromatic carbocycles. The quantitative estimate of drug-likeness (QED) is 0.292. The minimum absolute atomic E-state index is 0.0802. The van der Waals surface area contributed by atoms with Gasteiger partial charge in [0.25, 0.3) is 5.69 Å². The van der Waals surface area contributed by atoms with Gasteiger partial charge in [-0.15, -0.1) is 0 Å². The molecule has 0 spiro atoms. The molecule has 0 fully saturated rings. The molecule has 0 heterocycles. The fraction of sp³-hybridized carbons (Fsp3) is 0.211. The van der Waals surface area contributed by atoms with E-state index in [0.29, 0.717) is 40.9 Å². The molecule has 0 aliphatic heterocycles. The number of allylic oxidation sites excluding steroid dienone is 1. The topological polar surface area (TPSA) is 85.4 Å². The Bertz CT molecular complexity index is 888. The van der Waals surface area contributed by atoms with Crippen LogP contribution in [0.15, 0.2) is 36.4 Å². The summed E-state index contributed by atoms with van der Waals surface area (Å²) < 4.78 is 11.1. The summed E-state index contributed by atoms with van der Waals surface area (Å²) in [6, 6.07) is 11.3. The third-order valence-corrected chi connectivity index (χ3v) is 3.70. The van der Waals surface area contributed by atoms with Crippen molar-refractivity contribution in [3.8, 4) is 17.6 Å². The monoisotopic (exact) mass is 372 g/mol. The van der Waals surface area contributed by atoms with Gasteiger partial charge in [0.1, 0.15) is 0 Å². The van der Waals surface area contributed by atoms with Crippen molar-refractivity contribution < 1.29 is 14.4 Å². The maximum absolute atomic E-state index is 10.9. The molecule has 0 aliphatic rings. The molecule has 0 atom stereocenters. The van der Waals surface area contributed by atoms with Crippen LogP contribution in [-0.4, -0.2) is 18.1 Å². The molecule has 0 unspecified atom stereocenters. The van der Waals surface area contributed by atoms with Gasteiger partial charge < -0.3 is 9.47 Å². The number of halogens is 1. The van der Waals surface area contributed by atoms with Crippen LogP contribution in [0.2, 0.25) is 5.02 Å². The molecule has 0 aromatic heterocycles. The van der Waals surface area contributed by atoms with Crippen molar-refractivity contribution in [2.24, 2.45) is 0 Å². The van der Waals surface area contributed by atoms with Crippen LogP contribution in [-0.2, 0) is 0 Å². The van der Waals surface area contributed by atoms with Gasteiger partial charge in [-0.05, 0) is 43.2 Å². The van der Waals surface area contributed by atoms with Crippen LogP contribution in [0, 0.1) is 21.4 Å². The largest absolute Gasteiger partial charge is 0.490 e. The third kappa shape index (κ3) is 4.52. The van der Waals surface area contributed by atoms with Crippen molar-refractivity contribution in [1.29, 1.82) is 5.26 Å². The number of rotatable bonds is 7. The summed E-state index contributed by atoms with van der Waals surface area (Å²) >= 11 is 6.28. The minimum atomic E-state index is -0.501. The van der Waals surface area contributed by atoms with Crippen molar-refractivity contribution in [2.45, 2.75) is 13.8 Å². The summed E-state index contributed by atoms with van der Waals surface area (Å²) in [4.78, 5) is 10.4. The predicted octanol–water partition coefficient (Wildman–Crippen LogP) is 5.11. The van der Waals surface area contributed by atoms with Crippen molar-refractivity contribution in [2.75, 3.05) is 13.2 Å². The second-order valence-electron chi connectivity index (χ2n) is 5.17. The van der Waals surface area contributed by atoms with Gasteiger partial charge in [-0.25, -0.2) is 0 Å². The molecule has 0 radical (unpaired) electrons. The zero-order valence-electron chi connectivity index (χ0n) is 14.4. The van der Waals surface area contributed by atoms with Crippen molar-refractivity contribution in [1.82, 2.24) is 0 Å². The van der Waals surface area contributed by atoms with Gasteiger partial charge in [-0.1, -0.05) is 23.7 Å². The molecule has 134 valence electrons. The van der Waals surface area contributed by atoms with E-state index in [1.54, 1.807) is 24.3 Å². The van der Waals surface area contributed by atoms with Crippen LogP contribution in [0.5, 0.6) is 11.5 Å². The highest BCUT2D eigenvalue weighted by atomic mass is 35.5. The lowest BCUT2D eigenvalue weighted by atomic mass is 10.0. The van der Waals surface area contributed by atoms with Gasteiger partial charge in [0.15, 0.2) is 11.5 Å². The van der Waals surface area contributed by atoms with Crippen LogP contribution in [0.4, 0.5) is 5.69 Å². The summed E-state index contributed by atoms with van der Waals surface area (Å²) in [6.07, 6.45) is 1.60. The number of nitriles is 1. The van der Waals surface area contributed by atoms with Gasteiger partial charge in [-0.3, -0.25) is 10.1 Å². The Hall–Kier alpha value is -3.04. The van der Waals surface area contributed by atoms with Gasteiger partial charge in [-0.2, -0.15) is 5.26 Å². The first kappa shape index (κ1) is 19.3. The summed E-state index contributed by atoms with van der Waals surface area (Å²) in [7, 11) is 0. The molecule has 7 heteroatoms. The molecule has 0 saturated carbocycles. The van der Waals surface area contributed by atoms with Gasteiger partial charge in [0.05, 0.1) is 34.8 Å². The Labute approximate surface area is 156 Å². The summed E-state index contributed by atoms with van der Waals surface area (Å²) in [5, 5.41) is 20.8. The van der Waals surface area contributed by atoms with Crippen LogP contribution >= 0.6 is 11.6 Å². The fourth-order valence-electron chi connectivity index (χ4n) is 2.35. The number of nitro groups is 1. The zero-order valence-corrected chi connectivity index (χ0v) is 15.1. The van der Waals surface area contributed by atoms with Crippen LogP contribution in [0.3, 0.4) is 0 Å². The fourth-order valence-corrected chi connectivity index (χ4v) is 2.63. The lowest BCUT2D eigenvalue weighted by molar-refractivity contribution is -0.384. The van der Waals surface area contributed by atoms with E-state index in [0.717, 1.165) is 0 Å². The Morgan fingerprint density at radius 3 is 2.62 bits per heavy atom. The molecule has 26 heavy (non-hydrogen) atoms. The van der Waals surface area contributed by atoms with Crippen LogP contribution in [0.25, 0.3) is 11.6 Å². The van der Waals surface area contributed by atoms with E-state index in [-0.39, 0.29) is 11.3 Å². The number of ether oxygens (including phenoxy) is 2. The molecule has 0 saturated heterocycles. The molecule has 2 aromatic rings. The van der Waals surface area contributed by atoms with E-state index in [1.807, 2.05) is 13.8 Å². The van der Waals surface area contributed by atoms with E-state index in [2.05, 4.69) is 6.07 Å². The van der Waals surface area contributed by atoms with E-state index >= 15 is 0 Å². The summed E-state index contributed by atoms with van der Waals surface area (Å²) in [5.74, 6) is 0.923. The molecule has 0 bridgehead atoms. The number of nitrogens with zero attached hydrogens (tertiary/aromatic N) is 2. The second kappa shape index (κ2) is 8.88. The predicted molar refractivity (Wildman–Crippen MR) is 100 cm³/mol. The minimum Gasteiger partial charge on any atom is -0.490 e. The highest BCUT2D eigenvalue weighted by Crippen LogP contribution is 2.37. The maximum Gasteiger partial charge on any atom is 0.270 e. The first-order valence-corrected chi connectivity index (χ1v) is 8.33. The molecular formula is C19H17ClN2O4. The maximum atomic E-state index is 10.9. The summed E-state index contributed by atoms with van der Waals surface area (Å²) in [5.41, 5.74) is 1.27. The molecule has 2 rings (SSSR count). The first-order valence-electron chi connectivity index (χ1n) is 7.95. The smallest absolute Gasteiger partial charge is 0.270 e. The van der Waals surface area contributed by atoms with Crippen molar-refractivity contribution >= 4 is 28.9 Å².